The quantitative estimate of drug-likeness (QED) is 0.658. The fourth-order valence-corrected chi connectivity index (χ4v) is 1.31. The van der Waals surface area contributed by atoms with Gasteiger partial charge in [0.05, 0.1) is 6.10 Å². The van der Waals surface area contributed by atoms with E-state index in [0.717, 1.165) is 12.8 Å². The SMILES string of the molecule is C#CCOC1CC(N(C)C(=O)O)C1. The molecule has 0 bridgehead atoms. The van der Waals surface area contributed by atoms with Crippen LogP contribution in [0.1, 0.15) is 12.8 Å². The van der Waals surface area contributed by atoms with Crippen LogP contribution in [0, 0.1) is 12.3 Å². The zero-order chi connectivity index (χ0) is 9.84. The van der Waals surface area contributed by atoms with Crippen molar-refractivity contribution < 1.29 is 14.6 Å². The predicted molar refractivity (Wildman–Crippen MR) is 47.4 cm³/mol. The van der Waals surface area contributed by atoms with Crippen LogP contribution < -0.4 is 0 Å². The Balaban J connectivity index is 2.18. The first-order chi connectivity index (χ1) is 6.15. The molecule has 0 heterocycles. The first kappa shape index (κ1) is 9.87. The van der Waals surface area contributed by atoms with Crippen molar-refractivity contribution in [1.29, 1.82) is 0 Å². The molecule has 4 heteroatoms. The Bertz CT molecular complexity index is 228. The molecule has 0 atom stereocenters. The molecule has 72 valence electrons. The molecule has 0 aromatic carbocycles. The molecule has 0 unspecified atom stereocenters. The Hall–Kier alpha value is -1.21. The van der Waals surface area contributed by atoms with Gasteiger partial charge in [-0.15, -0.1) is 6.42 Å². The number of ether oxygens (including phenoxy) is 1. The molecular formula is C9H13NO3. The van der Waals surface area contributed by atoms with Gasteiger partial charge in [0.15, 0.2) is 0 Å². The van der Waals surface area contributed by atoms with Gasteiger partial charge in [0, 0.05) is 13.1 Å². The van der Waals surface area contributed by atoms with Crippen LogP contribution >= 0.6 is 0 Å². The lowest BCUT2D eigenvalue weighted by molar-refractivity contribution is -0.0271. The van der Waals surface area contributed by atoms with Crippen LogP contribution in [-0.4, -0.2) is 41.9 Å². The molecule has 13 heavy (non-hydrogen) atoms. The molecule has 1 N–H and O–H groups in total. The second-order valence-electron chi connectivity index (χ2n) is 3.16. The predicted octanol–water partition coefficient (Wildman–Crippen LogP) is 0.777. The number of hydrogen-bond acceptors (Lipinski definition) is 2. The topological polar surface area (TPSA) is 49.8 Å². The number of amides is 1. The molecule has 1 fully saturated rings. The minimum Gasteiger partial charge on any atom is -0.465 e. The van der Waals surface area contributed by atoms with E-state index in [1.54, 1.807) is 7.05 Å². The third kappa shape index (κ3) is 2.36. The minimum atomic E-state index is -0.889. The number of terminal acetylenes is 1. The summed E-state index contributed by atoms with van der Waals surface area (Å²) in [6.07, 6.45) is 5.78. The normalized spacial score (nSPS) is 25.8. The van der Waals surface area contributed by atoms with Gasteiger partial charge < -0.3 is 14.7 Å². The van der Waals surface area contributed by atoms with Gasteiger partial charge in [-0.3, -0.25) is 0 Å². The third-order valence-electron chi connectivity index (χ3n) is 2.32. The average molecular weight is 183 g/mol. The van der Waals surface area contributed by atoms with Crippen molar-refractivity contribution in [2.24, 2.45) is 0 Å². The number of carboxylic acid groups (broad SMARTS) is 1. The Morgan fingerprint density at radius 1 is 1.77 bits per heavy atom. The molecule has 0 spiro atoms. The Morgan fingerprint density at radius 3 is 2.85 bits per heavy atom. The highest BCUT2D eigenvalue weighted by molar-refractivity contribution is 5.65. The number of rotatable bonds is 3. The summed E-state index contributed by atoms with van der Waals surface area (Å²) in [6, 6.07) is 0.0975. The molecule has 0 aliphatic heterocycles. The maximum atomic E-state index is 10.5. The van der Waals surface area contributed by atoms with Gasteiger partial charge in [-0.2, -0.15) is 0 Å². The lowest BCUT2D eigenvalue weighted by Gasteiger charge is -2.39. The lowest BCUT2D eigenvalue weighted by atomic mass is 9.88. The molecule has 1 saturated carbocycles. The van der Waals surface area contributed by atoms with E-state index in [2.05, 4.69) is 5.92 Å². The number of nitrogens with zero attached hydrogens (tertiary/aromatic N) is 1. The third-order valence-corrected chi connectivity index (χ3v) is 2.32. The van der Waals surface area contributed by atoms with E-state index in [1.165, 1.54) is 4.90 Å². The van der Waals surface area contributed by atoms with Crippen LogP contribution in [0.4, 0.5) is 4.79 Å². The van der Waals surface area contributed by atoms with Gasteiger partial charge in [-0.1, -0.05) is 5.92 Å². The lowest BCUT2D eigenvalue weighted by Crippen LogP contribution is -2.48. The van der Waals surface area contributed by atoms with Crippen LogP contribution in [-0.2, 0) is 4.74 Å². The summed E-state index contributed by atoms with van der Waals surface area (Å²) in [7, 11) is 1.57. The van der Waals surface area contributed by atoms with Crippen molar-refractivity contribution in [3.8, 4) is 12.3 Å². The summed E-state index contributed by atoms with van der Waals surface area (Å²) < 4.78 is 5.23. The van der Waals surface area contributed by atoms with E-state index in [9.17, 15) is 4.79 Å². The van der Waals surface area contributed by atoms with E-state index in [0.29, 0.717) is 6.61 Å². The summed E-state index contributed by atoms with van der Waals surface area (Å²) in [5, 5.41) is 8.63. The molecule has 0 aromatic rings. The fraction of sp³-hybridized carbons (Fsp3) is 0.667. The average Bonchev–Trinajstić information content (AvgIpc) is 2.01. The zero-order valence-corrected chi connectivity index (χ0v) is 7.56. The van der Waals surface area contributed by atoms with Crippen LogP contribution in [0.5, 0.6) is 0 Å². The largest absolute Gasteiger partial charge is 0.465 e. The summed E-state index contributed by atoms with van der Waals surface area (Å²) >= 11 is 0. The molecule has 0 saturated heterocycles. The van der Waals surface area contributed by atoms with Gasteiger partial charge in [0.25, 0.3) is 0 Å². The highest BCUT2D eigenvalue weighted by atomic mass is 16.5. The first-order valence-corrected chi connectivity index (χ1v) is 4.16. The van der Waals surface area contributed by atoms with E-state index < -0.39 is 6.09 Å². The maximum Gasteiger partial charge on any atom is 0.407 e. The van der Waals surface area contributed by atoms with Crippen molar-refractivity contribution >= 4 is 6.09 Å². The van der Waals surface area contributed by atoms with E-state index >= 15 is 0 Å². The van der Waals surface area contributed by atoms with Gasteiger partial charge in [-0.05, 0) is 12.8 Å². The summed E-state index contributed by atoms with van der Waals surface area (Å²) in [6.45, 7) is 0.314. The second-order valence-corrected chi connectivity index (χ2v) is 3.16. The molecule has 0 aromatic heterocycles. The fourth-order valence-electron chi connectivity index (χ4n) is 1.31. The first-order valence-electron chi connectivity index (χ1n) is 4.16. The molecule has 1 aliphatic carbocycles. The van der Waals surface area contributed by atoms with Crippen LogP contribution in [0.3, 0.4) is 0 Å². The van der Waals surface area contributed by atoms with Gasteiger partial charge in [-0.25, -0.2) is 4.79 Å². The van der Waals surface area contributed by atoms with Crippen molar-refractivity contribution in [2.45, 2.75) is 25.0 Å². The molecular weight excluding hydrogens is 170 g/mol. The molecule has 4 nitrogen and oxygen atoms in total. The smallest absolute Gasteiger partial charge is 0.407 e. The van der Waals surface area contributed by atoms with Crippen molar-refractivity contribution in [3.63, 3.8) is 0 Å². The van der Waals surface area contributed by atoms with Gasteiger partial charge in [0.2, 0.25) is 0 Å². The standard InChI is InChI=1S/C9H13NO3/c1-3-4-13-8-5-7(6-8)10(2)9(11)12/h1,7-8H,4-6H2,2H3,(H,11,12). The molecule has 0 radical (unpaired) electrons. The molecule has 1 aliphatic rings. The zero-order valence-electron chi connectivity index (χ0n) is 7.56. The van der Waals surface area contributed by atoms with Crippen molar-refractivity contribution in [2.75, 3.05) is 13.7 Å². The monoisotopic (exact) mass is 183 g/mol. The summed E-state index contributed by atoms with van der Waals surface area (Å²) in [5.41, 5.74) is 0. The summed E-state index contributed by atoms with van der Waals surface area (Å²) in [5.74, 6) is 2.38. The van der Waals surface area contributed by atoms with Crippen molar-refractivity contribution in [3.05, 3.63) is 0 Å². The van der Waals surface area contributed by atoms with Gasteiger partial charge in [0.1, 0.15) is 6.61 Å². The van der Waals surface area contributed by atoms with E-state index in [-0.39, 0.29) is 12.1 Å². The van der Waals surface area contributed by atoms with E-state index in [1.807, 2.05) is 0 Å². The summed E-state index contributed by atoms with van der Waals surface area (Å²) in [4.78, 5) is 11.8. The Morgan fingerprint density at radius 2 is 2.38 bits per heavy atom. The minimum absolute atomic E-state index is 0.0975. The highest BCUT2D eigenvalue weighted by Crippen LogP contribution is 2.27. The van der Waals surface area contributed by atoms with Crippen LogP contribution in [0.2, 0.25) is 0 Å². The van der Waals surface area contributed by atoms with Crippen LogP contribution in [0.25, 0.3) is 0 Å². The Kier molecular flexibility index (Phi) is 3.15. The maximum absolute atomic E-state index is 10.5. The van der Waals surface area contributed by atoms with Crippen molar-refractivity contribution in [1.82, 2.24) is 4.90 Å². The Labute approximate surface area is 77.5 Å². The number of hydrogen-bond donors (Lipinski definition) is 1. The molecule has 1 rings (SSSR count). The molecule has 1 amide bonds. The highest BCUT2D eigenvalue weighted by Gasteiger charge is 2.34. The van der Waals surface area contributed by atoms with Gasteiger partial charge >= 0.3 is 6.09 Å². The van der Waals surface area contributed by atoms with E-state index in [4.69, 9.17) is 16.3 Å². The second kappa shape index (κ2) is 4.15. The van der Waals surface area contributed by atoms with Crippen LogP contribution in [0.15, 0.2) is 0 Å². The number of carbonyl (C=O) groups is 1.